The number of fused-ring (bicyclic) bond motifs is 1. The number of ketones is 1. The van der Waals surface area contributed by atoms with Crippen LogP contribution in [0, 0.1) is 6.92 Å². The van der Waals surface area contributed by atoms with Gasteiger partial charge in [0.2, 0.25) is 0 Å². The molecule has 26 heavy (non-hydrogen) atoms. The van der Waals surface area contributed by atoms with Crippen LogP contribution in [0.25, 0.3) is 5.57 Å². The van der Waals surface area contributed by atoms with E-state index >= 15 is 0 Å². The molecule has 1 heterocycles. The molecule has 0 aliphatic heterocycles. The van der Waals surface area contributed by atoms with Crippen molar-refractivity contribution in [3.05, 3.63) is 70.6 Å². The van der Waals surface area contributed by atoms with Crippen LogP contribution in [0.2, 0.25) is 0 Å². The Bertz CT molecular complexity index is 900. The van der Waals surface area contributed by atoms with Gasteiger partial charge in [-0.05, 0) is 60.2 Å². The molecule has 0 saturated carbocycles. The summed E-state index contributed by atoms with van der Waals surface area (Å²) in [5.41, 5.74) is 5.83. The Morgan fingerprint density at radius 3 is 2.35 bits per heavy atom. The number of pyridine rings is 1. The largest absolute Gasteiger partial charge is 0.496 e. The highest BCUT2D eigenvalue weighted by atomic mass is 16.5. The summed E-state index contributed by atoms with van der Waals surface area (Å²) in [5.74, 6) is 1.51. The SMILES string of the molecule is C=C1CC=C(c2cc(OC)c(CC)c(OC)c2)c2cc(C)ncc2C1=O. The third kappa shape index (κ3) is 3.03. The van der Waals surface area contributed by atoms with Crippen molar-refractivity contribution in [2.24, 2.45) is 0 Å². The van der Waals surface area contributed by atoms with E-state index in [0.29, 0.717) is 17.6 Å². The molecule has 0 spiro atoms. The Morgan fingerprint density at radius 2 is 1.77 bits per heavy atom. The third-order valence-corrected chi connectivity index (χ3v) is 4.72. The minimum Gasteiger partial charge on any atom is -0.496 e. The van der Waals surface area contributed by atoms with Gasteiger partial charge in [0.05, 0.1) is 14.2 Å². The van der Waals surface area contributed by atoms with Gasteiger partial charge in [0.1, 0.15) is 11.5 Å². The van der Waals surface area contributed by atoms with Gasteiger partial charge in [-0.3, -0.25) is 9.78 Å². The Balaban J connectivity index is 2.26. The highest BCUT2D eigenvalue weighted by molar-refractivity contribution is 6.13. The van der Waals surface area contributed by atoms with E-state index in [-0.39, 0.29) is 5.78 Å². The second kappa shape index (κ2) is 7.16. The smallest absolute Gasteiger partial charge is 0.190 e. The lowest BCUT2D eigenvalue weighted by Crippen LogP contribution is -2.05. The zero-order valence-electron chi connectivity index (χ0n) is 15.7. The number of hydrogen-bond donors (Lipinski definition) is 0. The number of benzene rings is 1. The number of aromatic nitrogens is 1. The Hall–Kier alpha value is -2.88. The summed E-state index contributed by atoms with van der Waals surface area (Å²) in [4.78, 5) is 17.0. The molecule has 0 atom stereocenters. The number of ether oxygens (including phenoxy) is 2. The van der Waals surface area contributed by atoms with Gasteiger partial charge in [0, 0.05) is 23.0 Å². The minimum atomic E-state index is -0.0529. The van der Waals surface area contributed by atoms with Crippen molar-refractivity contribution in [3.63, 3.8) is 0 Å². The lowest BCUT2D eigenvalue weighted by molar-refractivity contribution is 0.103. The molecule has 134 valence electrons. The lowest BCUT2D eigenvalue weighted by atomic mass is 9.92. The summed E-state index contributed by atoms with van der Waals surface area (Å²) in [5, 5.41) is 0. The second-order valence-electron chi connectivity index (χ2n) is 6.34. The fourth-order valence-corrected chi connectivity index (χ4v) is 3.34. The molecule has 1 aromatic carbocycles. The summed E-state index contributed by atoms with van der Waals surface area (Å²) >= 11 is 0. The molecule has 0 saturated heterocycles. The topological polar surface area (TPSA) is 48.4 Å². The molecule has 1 aliphatic carbocycles. The molecule has 0 bridgehead atoms. The number of carbonyl (C=O) groups excluding carboxylic acids is 1. The van der Waals surface area contributed by atoms with Crippen molar-refractivity contribution in [1.29, 1.82) is 0 Å². The van der Waals surface area contributed by atoms with Gasteiger partial charge in [0.25, 0.3) is 0 Å². The van der Waals surface area contributed by atoms with Crippen LogP contribution in [-0.4, -0.2) is 25.0 Å². The first kappa shape index (κ1) is 17.9. The molecule has 4 nitrogen and oxygen atoms in total. The van der Waals surface area contributed by atoms with Crippen LogP contribution in [-0.2, 0) is 6.42 Å². The van der Waals surface area contributed by atoms with Crippen molar-refractivity contribution >= 4 is 11.4 Å². The summed E-state index contributed by atoms with van der Waals surface area (Å²) in [6, 6.07) is 5.96. The standard InChI is InChI=1S/C22H23NO3/c1-6-16-20(25-4)10-15(11-21(16)26-5)17-8-7-13(2)22(24)19-12-23-14(3)9-18(17)19/h8-12H,2,6-7H2,1,3-5H3. The summed E-state index contributed by atoms with van der Waals surface area (Å²) < 4.78 is 11.2. The molecule has 0 fully saturated rings. The van der Waals surface area contributed by atoms with Crippen LogP contribution < -0.4 is 9.47 Å². The normalized spacial score (nSPS) is 13.8. The van der Waals surface area contributed by atoms with E-state index in [1.165, 1.54) is 0 Å². The van der Waals surface area contributed by atoms with E-state index in [2.05, 4.69) is 18.5 Å². The Kier molecular flexibility index (Phi) is 4.94. The maximum absolute atomic E-state index is 12.6. The molecular weight excluding hydrogens is 326 g/mol. The molecular formula is C22H23NO3. The number of nitrogens with zero attached hydrogens (tertiary/aromatic N) is 1. The predicted molar refractivity (Wildman–Crippen MR) is 103 cm³/mol. The third-order valence-electron chi connectivity index (χ3n) is 4.72. The van der Waals surface area contributed by atoms with Crippen molar-refractivity contribution in [3.8, 4) is 11.5 Å². The van der Waals surface area contributed by atoms with Crippen molar-refractivity contribution in [1.82, 2.24) is 4.98 Å². The zero-order valence-corrected chi connectivity index (χ0v) is 15.7. The van der Waals surface area contributed by atoms with E-state index in [1.54, 1.807) is 20.4 Å². The number of methoxy groups -OCH3 is 2. The number of carbonyl (C=O) groups is 1. The lowest BCUT2D eigenvalue weighted by Gasteiger charge is -2.17. The number of allylic oxidation sites excluding steroid dienone is 2. The van der Waals surface area contributed by atoms with E-state index in [9.17, 15) is 4.79 Å². The van der Waals surface area contributed by atoms with Gasteiger partial charge in [0.15, 0.2) is 5.78 Å². The molecule has 0 radical (unpaired) electrons. The maximum Gasteiger partial charge on any atom is 0.190 e. The molecule has 0 amide bonds. The van der Waals surface area contributed by atoms with Gasteiger partial charge in [-0.25, -0.2) is 0 Å². The van der Waals surface area contributed by atoms with Crippen LogP contribution in [0.5, 0.6) is 11.5 Å². The Morgan fingerprint density at radius 1 is 1.12 bits per heavy atom. The number of Topliss-reactive ketones (excluding diaryl/α,β-unsaturated/α-hetero) is 1. The fourth-order valence-electron chi connectivity index (χ4n) is 3.34. The first-order valence-electron chi connectivity index (χ1n) is 8.65. The van der Waals surface area contributed by atoms with Gasteiger partial charge < -0.3 is 9.47 Å². The zero-order chi connectivity index (χ0) is 18.8. The molecule has 2 aromatic rings. The first-order chi connectivity index (χ1) is 12.5. The monoisotopic (exact) mass is 349 g/mol. The number of hydrogen-bond acceptors (Lipinski definition) is 4. The predicted octanol–water partition coefficient (Wildman–Crippen LogP) is 4.54. The van der Waals surface area contributed by atoms with Gasteiger partial charge in [-0.2, -0.15) is 0 Å². The van der Waals surface area contributed by atoms with Crippen LogP contribution in [0.4, 0.5) is 0 Å². The van der Waals surface area contributed by atoms with Gasteiger partial charge in [-0.1, -0.05) is 19.6 Å². The average molecular weight is 349 g/mol. The fraction of sp³-hybridized carbons (Fsp3) is 0.273. The van der Waals surface area contributed by atoms with E-state index < -0.39 is 0 Å². The van der Waals surface area contributed by atoms with Crippen LogP contribution in [0.1, 0.15) is 46.1 Å². The molecule has 1 aliphatic rings. The molecule has 4 heteroatoms. The summed E-state index contributed by atoms with van der Waals surface area (Å²) in [7, 11) is 3.32. The second-order valence-corrected chi connectivity index (χ2v) is 6.34. The quantitative estimate of drug-likeness (QED) is 0.760. The molecule has 0 N–H and O–H groups in total. The number of rotatable bonds is 4. The summed E-state index contributed by atoms with van der Waals surface area (Å²) in [6.45, 7) is 7.92. The first-order valence-corrected chi connectivity index (χ1v) is 8.65. The van der Waals surface area contributed by atoms with Gasteiger partial charge >= 0.3 is 0 Å². The van der Waals surface area contributed by atoms with E-state index in [4.69, 9.17) is 9.47 Å². The average Bonchev–Trinajstić information content (AvgIpc) is 2.77. The number of aryl methyl sites for hydroxylation is 1. The molecule has 0 unspecified atom stereocenters. The van der Waals surface area contributed by atoms with Crippen molar-refractivity contribution in [2.45, 2.75) is 26.7 Å². The maximum atomic E-state index is 12.6. The molecule has 3 rings (SSSR count). The minimum absolute atomic E-state index is 0.0529. The van der Waals surface area contributed by atoms with Crippen LogP contribution in [0.3, 0.4) is 0 Å². The molecule has 1 aromatic heterocycles. The van der Waals surface area contributed by atoms with Gasteiger partial charge in [-0.15, -0.1) is 0 Å². The van der Waals surface area contributed by atoms with E-state index in [0.717, 1.165) is 45.9 Å². The highest BCUT2D eigenvalue weighted by Gasteiger charge is 2.23. The highest BCUT2D eigenvalue weighted by Crippen LogP contribution is 2.38. The van der Waals surface area contributed by atoms with Crippen LogP contribution in [0.15, 0.2) is 42.6 Å². The van der Waals surface area contributed by atoms with E-state index in [1.807, 2.05) is 31.2 Å². The van der Waals surface area contributed by atoms with Crippen molar-refractivity contribution in [2.75, 3.05) is 14.2 Å². The van der Waals surface area contributed by atoms with Crippen LogP contribution >= 0.6 is 0 Å². The summed E-state index contributed by atoms with van der Waals surface area (Å²) in [6.07, 6.45) is 5.00. The van der Waals surface area contributed by atoms with Crippen molar-refractivity contribution < 1.29 is 14.3 Å². The Labute approximate surface area is 154 Å².